The molecule has 0 radical (unpaired) electrons. The molecule has 0 aliphatic carbocycles. The Bertz CT molecular complexity index is 407. The van der Waals surface area contributed by atoms with E-state index < -0.39 is 11.7 Å². The summed E-state index contributed by atoms with van der Waals surface area (Å²) in [6.45, 7) is 5.40. The minimum atomic E-state index is -0.558. The lowest BCUT2D eigenvalue weighted by Crippen LogP contribution is -2.28. The first-order valence-corrected chi connectivity index (χ1v) is 4.71. The molecule has 0 aromatic carbocycles. The number of rotatable bonds is 3. The van der Waals surface area contributed by atoms with Crippen LogP contribution in [0.1, 0.15) is 23.9 Å². The summed E-state index contributed by atoms with van der Waals surface area (Å²) in [5, 5.41) is 6.77. The standard InChI is InChI=1S/C10H15N3O2/c1-6-9(7(2)13(4)12-6)5-11-10(15)8(3)14/h5H2,1-4H3,(H,11,15). The van der Waals surface area contributed by atoms with Crippen LogP contribution in [0.25, 0.3) is 0 Å². The fourth-order valence-electron chi connectivity index (χ4n) is 1.37. The van der Waals surface area contributed by atoms with Crippen LogP contribution in [0.3, 0.4) is 0 Å². The Kier molecular flexibility index (Phi) is 3.24. The summed E-state index contributed by atoms with van der Waals surface area (Å²) in [6, 6.07) is 0. The molecule has 0 spiro atoms. The molecule has 82 valence electrons. The van der Waals surface area contributed by atoms with Crippen LogP contribution < -0.4 is 5.32 Å². The number of aromatic nitrogens is 2. The van der Waals surface area contributed by atoms with Gasteiger partial charge in [0.1, 0.15) is 0 Å². The predicted molar refractivity (Wildman–Crippen MR) is 55.2 cm³/mol. The van der Waals surface area contributed by atoms with Gasteiger partial charge in [-0.25, -0.2) is 0 Å². The summed E-state index contributed by atoms with van der Waals surface area (Å²) in [6.07, 6.45) is 0. The van der Waals surface area contributed by atoms with Crippen molar-refractivity contribution in [1.29, 1.82) is 0 Å². The number of nitrogens with one attached hydrogen (secondary N) is 1. The lowest BCUT2D eigenvalue weighted by atomic mass is 10.2. The van der Waals surface area contributed by atoms with Gasteiger partial charge in [0.05, 0.1) is 5.69 Å². The highest BCUT2D eigenvalue weighted by molar-refractivity contribution is 6.35. The Balaban J connectivity index is 2.73. The van der Waals surface area contributed by atoms with E-state index in [0.29, 0.717) is 6.54 Å². The molecule has 1 amide bonds. The number of carbonyl (C=O) groups excluding carboxylic acids is 2. The number of nitrogens with zero attached hydrogens (tertiary/aromatic N) is 2. The molecule has 0 bridgehead atoms. The summed E-state index contributed by atoms with van der Waals surface area (Å²) >= 11 is 0. The van der Waals surface area contributed by atoms with E-state index in [1.165, 1.54) is 6.92 Å². The Labute approximate surface area is 88.5 Å². The fourth-order valence-corrected chi connectivity index (χ4v) is 1.37. The van der Waals surface area contributed by atoms with Crippen LogP contribution in [0.4, 0.5) is 0 Å². The molecule has 5 nitrogen and oxygen atoms in total. The number of amides is 1. The summed E-state index contributed by atoms with van der Waals surface area (Å²) in [5.74, 6) is -1.04. The van der Waals surface area contributed by atoms with E-state index in [2.05, 4.69) is 10.4 Å². The van der Waals surface area contributed by atoms with Crippen molar-refractivity contribution in [3.8, 4) is 0 Å². The number of Topliss-reactive ketones (excluding diaryl/α,β-unsaturated/α-hetero) is 1. The number of hydrogen-bond acceptors (Lipinski definition) is 3. The zero-order valence-electron chi connectivity index (χ0n) is 9.42. The molecule has 0 atom stereocenters. The first-order valence-electron chi connectivity index (χ1n) is 4.71. The highest BCUT2D eigenvalue weighted by atomic mass is 16.2. The van der Waals surface area contributed by atoms with E-state index in [9.17, 15) is 9.59 Å². The third-order valence-electron chi connectivity index (χ3n) is 2.40. The third-order valence-corrected chi connectivity index (χ3v) is 2.40. The maximum absolute atomic E-state index is 11.1. The minimum absolute atomic E-state index is 0.351. The van der Waals surface area contributed by atoms with Gasteiger partial charge in [0.25, 0.3) is 5.91 Å². The van der Waals surface area contributed by atoms with Crippen LogP contribution >= 0.6 is 0 Å². The van der Waals surface area contributed by atoms with Crippen molar-refractivity contribution >= 4 is 11.7 Å². The van der Waals surface area contributed by atoms with Gasteiger partial charge in [-0.05, 0) is 13.8 Å². The Morgan fingerprint density at radius 1 is 1.40 bits per heavy atom. The third kappa shape index (κ3) is 2.43. The van der Waals surface area contributed by atoms with Gasteiger partial charge in [-0.1, -0.05) is 0 Å². The van der Waals surface area contributed by atoms with E-state index in [1.807, 2.05) is 20.9 Å². The fraction of sp³-hybridized carbons (Fsp3) is 0.500. The van der Waals surface area contributed by atoms with Gasteiger partial charge in [0.15, 0.2) is 0 Å². The molecule has 1 N–H and O–H groups in total. The maximum Gasteiger partial charge on any atom is 0.287 e. The maximum atomic E-state index is 11.1. The summed E-state index contributed by atoms with van der Waals surface area (Å²) in [5.41, 5.74) is 2.84. The Hall–Kier alpha value is -1.65. The lowest BCUT2D eigenvalue weighted by molar-refractivity contribution is -0.136. The van der Waals surface area contributed by atoms with Crippen molar-refractivity contribution in [2.24, 2.45) is 7.05 Å². The van der Waals surface area contributed by atoms with Crippen LogP contribution in [0.15, 0.2) is 0 Å². The van der Waals surface area contributed by atoms with Crippen molar-refractivity contribution in [1.82, 2.24) is 15.1 Å². The van der Waals surface area contributed by atoms with E-state index in [0.717, 1.165) is 17.0 Å². The predicted octanol–water partition coefficient (Wildman–Crippen LogP) is 0.242. The summed E-state index contributed by atoms with van der Waals surface area (Å²) in [7, 11) is 1.85. The molecule has 15 heavy (non-hydrogen) atoms. The van der Waals surface area contributed by atoms with Gasteiger partial charge in [-0.2, -0.15) is 5.10 Å². The molecular formula is C10H15N3O2. The quantitative estimate of drug-likeness (QED) is 0.725. The molecule has 1 rings (SSSR count). The van der Waals surface area contributed by atoms with Gasteiger partial charge in [0, 0.05) is 31.8 Å². The number of aryl methyl sites for hydroxylation is 2. The molecule has 1 aromatic heterocycles. The second kappa shape index (κ2) is 4.25. The average Bonchev–Trinajstić information content (AvgIpc) is 2.38. The van der Waals surface area contributed by atoms with Crippen molar-refractivity contribution in [3.63, 3.8) is 0 Å². The van der Waals surface area contributed by atoms with E-state index >= 15 is 0 Å². The highest BCUT2D eigenvalue weighted by Crippen LogP contribution is 2.10. The molecule has 0 unspecified atom stereocenters. The number of ketones is 1. The summed E-state index contributed by atoms with van der Waals surface area (Å²) in [4.78, 5) is 21.8. The van der Waals surface area contributed by atoms with Crippen molar-refractivity contribution in [3.05, 3.63) is 17.0 Å². The van der Waals surface area contributed by atoms with Crippen molar-refractivity contribution < 1.29 is 9.59 Å². The molecule has 0 fully saturated rings. The number of hydrogen-bond donors (Lipinski definition) is 1. The smallest absolute Gasteiger partial charge is 0.287 e. The van der Waals surface area contributed by atoms with E-state index in [1.54, 1.807) is 4.68 Å². The zero-order chi connectivity index (χ0) is 11.6. The average molecular weight is 209 g/mol. The highest BCUT2D eigenvalue weighted by Gasteiger charge is 2.12. The van der Waals surface area contributed by atoms with Crippen LogP contribution in [0.5, 0.6) is 0 Å². The van der Waals surface area contributed by atoms with E-state index in [4.69, 9.17) is 0 Å². The molecule has 5 heteroatoms. The molecule has 0 saturated carbocycles. The monoisotopic (exact) mass is 209 g/mol. The van der Waals surface area contributed by atoms with Gasteiger partial charge in [-0.15, -0.1) is 0 Å². The van der Waals surface area contributed by atoms with Crippen molar-refractivity contribution in [2.75, 3.05) is 0 Å². The second-order valence-electron chi connectivity index (χ2n) is 3.51. The van der Waals surface area contributed by atoms with Crippen LogP contribution in [0, 0.1) is 13.8 Å². The first kappa shape index (κ1) is 11.4. The molecule has 1 heterocycles. The summed E-state index contributed by atoms with van der Waals surface area (Å²) < 4.78 is 1.75. The van der Waals surface area contributed by atoms with Crippen molar-refractivity contribution in [2.45, 2.75) is 27.3 Å². The first-order chi connectivity index (χ1) is 6.93. The van der Waals surface area contributed by atoms with Gasteiger partial charge >= 0.3 is 0 Å². The van der Waals surface area contributed by atoms with Crippen LogP contribution in [-0.2, 0) is 23.2 Å². The van der Waals surface area contributed by atoms with Gasteiger partial charge in [0.2, 0.25) is 5.78 Å². The van der Waals surface area contributed by atoms with Crippen LogP contribution in [0.2, 0.25) is 0 Å². The zero-order valence-corrected chi connectivity index (χ0v) is 9.42. The largest absolute Gasteiger partial charge is 0.345 e. The number of carbonyl (C=O) groups is 2. The van der Waals surface area contributed by atoms with E-state index in [-0.39, 0.29) is 0 Å². The minimum Gasteiger partial charge on any atom is -0.345 e. The normalized spacial score (nSPS) is 10.1. The molecular weight excluding hydrogens is 194 g/mol. The lowest BCUT2D eigenvalue weighted by Gasteiger charge is -2.03. The second-order valence-corrected chi connectivity index (χ2v) is 3.51. The molecule has 0 saturated heterocycles. The topological polar surface area (TPSA) is 64.0 Å². The SMILES string of the molecule is CC(=O)C(=O)NCc1c(C)nn(C)c1C. The Morgan fingerprint density at radius 2 is 2.00 bits per heavy atom. The Morgan fingerprint density at radius 3 is 2.40 bits per heavy atom. The molecule has 1 aromatic rings. The van der Waals surface area contributed by atoms with Gasteiger partial charge < -0.3 is 5.32 Å². The molecule has 0 aliphatic heterocycles. The van der Waals surface area contributed by atoms with Gasteiger partial charge in [-0.3, -0.25) is 14.3 Å². The van der Waals surface area contributed by atoms with Crippen LogP contribution in [-0.4, -0.2) is 21.5 Å². The molecule has 0 aliphatic rings.